The molecule has 0 aromatic rings. The summed E-state index contributed by atoms with van der Waals surface area (Å²) in [6.07, 6.45) is 3.71. The molecule has 16 heavy (non-hydrogen) atoms. The fourth-order valence-electron chi connectivity index (χ4n) is 1.69. The highest BCUT2D eigenvalue weighted by Crippen LogP contribution is 2.09. The number of hydrogen-bond acceptors (Lipinski definition) is 3. The van der Waals surface area contributed by atoms with Crippen LogP contribution in [0.1, 0.15) is 46.5 Å². The van der Waals surface area contributed by atoms with Gasteiger partial charge in [0.2, 0.25) is 0 Å². The molecule has 4 heteroatoms. The van der Waals surface area contributed by atoms with Gasteiger partial charge in [-0.25, -0.2) is 8.42 Å². The Balaban J connectivity index is 3.85. The van der Waals surface area contributed by atoms with Crippen molar-refractivity contribution in [2.75, 3.05) is 24.6 Å². The average Bonchev–Trinajstić information content (AvgIpc) is 2.23. The molecule has 0 rings (SSSR count). The van der Waals surface area contributed by atoms with Gasteiger partial charge < -0.3 is 5.32 Å². The van der Waals surface area contributed by atoms with Crippen molar-refractivity contribution in [2.45, 2.75) is 46.5 Å². The molecule has 98 valence electrons. The predicted molar refractivity (Wildman–Crippen MR) is 70.5 cm³/mol. The SMILES string of the molecule is CCCNCC(CC)CCS(=O)(=O)CCC. The fourth-order valence-corrected chi connectivity index (χ4v) is 3.21. The summed E-state index contributed by atoms with van der Waals surface area (Å²) in [4.78, 5) is 0. The van der Waals surface area contributed by atoms with Crippen LogP contribution in [-0.2, 0) is 9.84 Å². The average molecular weight is 249 g/mol. The highest BCUT2D eigenvalue weighted by atomic mass is 32.2. The van der Waals surface area contributed by atoms with Crippen molar-refractivity contribution in [3.05, 3.63) is 0 Å². The second-order valence-electron chi connectivity index (χ2n) is 4.42. The first-order valence-corrected chi connectivity index (χ1v) is 8.29. The van der Waals surface area contributed by atoms with Crippen molar-refractivity contribution in [3.63, 3.8) is 0 Å². The zero-order valence-electron chi connectivity index (χ0n) is 11.0. The molecule has 3 nitrogen and oxygen atoms in total. The second kappa shape index (κ2) is 8.99. The summed E-state index contributed by atoms with van der Waals surface area (Å²) in [6.45, 7) is 8.16. The summed E-state index contributed by atoms with van der Waals surface area (Å²) in [5, 5.41) is 3.36. The molecule has 0 radical (unpaired) electrons. The summed E-state index contributed by atoms with van der Waals surface area (Å²) < 4.78 is 23.1. The maximum absolute atomic E-state index is 11.6. The molecule has 0 aromatic carbocycles. The van der Waals surface area contributed by atoms with E-state index in [-0.39, 0.29) is 0 Å². The van der Waals surface area contributed by atoms with Crippen molar-refractivity contribution in [3.8, 4) is 0 Å². The van der Waals surface area contributed by atoms with Gasteiger partial charge in [-0.2, -0.15) is 0 Å². The summed E-state index contributed by atoms with van der Waals surface area (Å²) in [5.74, 6) is 1.19. The van der Waals surface area contributed by atoms with Crippen molar-refractivity contribution in [1.82, 2.24) is 5.32 Å². The molecule has 0 heterocycles. The largest absolute Gasteiger partial charge is 0.316 e. The van der Waals surface area contributed by atoms with Gasteiger partial charge in [0.25, 0.3) is 0 Å². The molecule has 0 bridgehead atoms. The Morgan fingerprint density at radius 3 is 2.25 bits per heavy atom. The summed E-state index contributed by atoms with van der Waals surface area (Å²) in [5.41, 5.74) is 0. The molecule has 0 spiro atoms. The highest BCUT2D eigenvalue weighted by Gasteiger charge is 2.13. The molecule has 0 aliphatic heterocycles. The molecule has 1 N–H and O–H groups in total. The predicted octanol–water partition coefficient (Wildman–Crippen LogP) is 2.23. The monoisotopic (exact) mass is 249 g/mol. The van der Waals surface area contributed by atoms with Crippen LogP contribution in [0, 0.1) is 5.92 Å². The number of hydrogen-bond donors (Lipinski definition) is 1. The quantitative estimate of drug-likeness (QED) is 0.604. The smallest absolute Gasteiger partial charge is 0.150 e. The lowest BCUT2D eigenvalue weighted by Gasteiger charge is -2.15. The van der Waals surface area contributed by atoms with Gasteiger partial charge in [-0.15, -0.1) is 0 Å². The van der Waals surface area contributed by atoms with Crippen molar-refractivity contribution in [1.29, 1.82) is 0 Å². The van der Waals surface area contributed by atoms with E-state index in [1.54, 1.807) is 0 Å². The normalized spacial score (nSPS) is 13.9. The summed E-state index contributed by atoms with van der Waals surface area (Å²) in [7, 11) is -2.80. The minimum absolute atomic E-state index is 0.339. The minimum Gasteiger partial charge on any atom is -0.316 e. The number of rotatable bonds is 10. The third-order valence-corrected chi connectivity index (χ3v) is 4.68. The molecule has 1 unspecified atom stereocenters. The molecular formula is C12H27NO2S. The van der Waals surface area contributed by atoms with Crippen molar-refractivity contribution in [2.24, 2.45) is 5.92 Å². The van der Waals surface area contributed by atoms with Gasteiger partial charge in [0.1, 0.15) is 9.84 Å². The van der Waals surface area contributed by atoms with E-state index in [0.717, 1.165) is 38.8 Å². The number of sulfone groups is 1. The van der Waals surface area contributed by atoms with Crippen molar-refractivity contribution >= 4 is 9.84 Å². The molecule has 0 aliphatic rings. The van der Waals surface area contributed by atoms with E-state index in [4.69, 9.17) is 0 Å². The Kier molecular flexibility index (Phi) is 8.94. The number of nitrogens with one attached hydrogen (secondary N) is 1. The van der Waals surface area contributed by atoms with E-state index in [1.165, 1.54) is 0 Å². The van der Waals surface area contributed by atoms with Gasteiger partial charge in [-0.3, -0.25) is 0 Å². The zero-order chi connectivity index (χ0) is 12.4. The Hall–Kier alpha value is -0.0900. The zero-order valence-corrected chi connectivity index (χ0v) is 11.8. The van der Waals surface area contributed by atoms with E-state index < -0.39 is 9.84 Å². The van der Waals surface area contributed by atoms with Crippen LogP contribution < -0.4 is 5.32 Å². The van der Waals surface area contributed by atoms with Crippen LogP contribution in [0.25, 0.3) is 0 Å². The molecule has 0 amide bonds. The second-order valence-corrected chi connectivity index (χ2v) is 6.72. The molecule has 0 saturated carbocycles. The lowest BCUT2D eigenvalue weighted by atomic mass is 10.0. The standard InChI is InChI=1S/C12H27NO2S/c1-4-8-13-11-12(6-3)7-10-16(14,15)9-5-2/h12-13H,4-11H2,1-3H3. The van der Waals surface area contributed by atoms with Gasteiger partial charge in [-0.1, -0.05) is 27.2 Å². The summed E-state index contributed by atoms with van der Waals surface area (Å²) >= 11 is 0. The first kappa shape index (κ1) is 15.9. The Morgan fingerprint density at radius 1 is 1.06 bits per heavy atom. The van der Waals surface area contributed by atoms with E-state index in [9.17, 15) is 8.42 Å². The van der Waals surface area contributed by atoms with Crippen LogP contribution in [0.5, 0.6) is 0 Å². The Labute approximate surface area is 101 Å². The van der Waals surface area contributed by atoms with Gasteiger partial charge in [-0.05, 0) is 38.3 Å². The fraction of sp³-hybridized carbons (Fsp3) is 1.00. The molecule has 0 aromatic heterocycles. The first-order valence-electron chi connectivity index (χ1n) is 6.46. The Bertz CT molecular complexity index is 250. The van der Waals surface area contributed by atoms with E-state index in [0.29, 0.717) is 17.4 Å². The highest BCUT2D eigenvalue weighted by molar-refractivity contribution is 7.91. The van der Waals surface area contributed by atoms with Crippen LogP contribution in [0.2, 0.25) is 0 Å². The van der Waals surface area contributed by atoms with Crippen LogP contribution in [0.4, 0.5) is 0 Å². The molecule has 1 atom stereocenters. The topological polar surface area (TPSA) is 46.2 Å². The summed E-state index contributed by atoms with van der Waals surface area (Å²) in [6, 6.07) is 0. The van der Waals surface area contributed by atoms with Crippen LogP contribution >= 0.6 is 0 Å². The van der Waals surface area contributed by atoms with Crippen LogP contribution in [-0.4, -0.2) is 33.0 Å². The maximum Gasteiger partial charge on any atom is 0.150 e. The van der Waals surface area contributed by atoms with E-state index >= 15 is 0 Å². The van der Waals surface area contributed by atoms with Gasteiger partial charge in [0.05, 0.1) is 5.75 Å². The Morgan fingerprint density at radius 2 is 1.75 bits per heavy atom. The van der Waals surface area contributed by atoms with Crippen molar-refractivity contribution < 1.29 is 8.42 Å². The van der Waals surface area contributed by atoms with E-state index in [2.05, 4.69) is 19.2 Å². The van der Waals surface area contributed by atoms with Gasteiger partial charge in [0, 0.05) is 5.75 Å². The van der Waals surface area contributed by atoms with E-state index in [1.807, 2.05) is 6.92 Å². The molecular weight excluding hydrogens is 222 g/mol. The lowest BCUT2D eigenvalue weighted by Crippen LogP contribution is -2.25. The maximum atomic E-state index is 11.6. The van der Waals surface area contributed by atoms with Crippen LogP contribution in [0.15, 0.2) is 0 Å². The molecule has 0 fully saturated rings. The van der Waals surface area contributed by atoms with Gasteiger partial charge >= 0.3 is 0 Å². The molecule has 0 aliphatic carbocycles. The van der Waals surface area contributed by atoms with Crippen LogP contribution in [0.3, 0.4) is 0 Å². The van der Waals surface area contributed by atoms with Gasteiger partial charge in [0.15, 0.2) is 0 Å². The third kappa shape index (κ3) is 8.11. The third-order valence-electron chi connectivity index (χ3n) is 2.79. The lowest BCUT2D eigenvalue weighted by molar-refractivity contribution is 0.449. The minimum atomic E-state index is -2.80. The first-order chi connectivity index (χ1) is 7.55. The molecule has 0 saturated heterocycles.